The van der Waals surface area contributed by atoms with Crippen molar-refractivity contribution in [3.05, 3.63) is 96.1 Å². The normalized spacial score (nSPS) is 11.0. The molecule has 0 aliphatic heterocycles. The second-order valence-corrected chi connectivity index (χ2v) is 7.37. The number of phenols is 4. The van der Waals surface area contributed by atoms with Crippen LogP contribution in [-0.2, 0) is 5.41 Å². The number of phenolic OH excluding ortho intramolecular Hbond substituents is 4. The quantitative estimate of drug-likeness (QED) is 0.356. The molecule has 0 bridgehead atoms. The molecule has 4 aromatic rings. The van der Waals surface area contributed by atoms with E-state index in [1.807, 2.05) is 24.3 Å². The number of aromatic hydroxyl groups is 4. The van der Waals surface area contributed by atoms with Crippen LogP contribution in [0.4, 0.5) is 0 Å². The Hall–Kier alpha value is -3.66. The molecule has 0 radical (unpaired) electrons. The van der Waals surface area contributed by atoms with Crippen molar-refractivity contribution in [2.24, 2.45) is 0 Å². The van der Waals surface area contributed by atoms with Crippen molar-refractivity contribution >= 4 is 10.8 Å². The van der Waals surface area contributed by atoms with Crippen molar-refractivity contribution < 1.29 is 20.4 Å². The van der Waals surface area contributed by atoms with Gasteiger partial charge in [-0.15, -0.1) is 0 Å². The third-order valence-corrected chi connectivity index (χ3v) is 5.05. The summed E-state index contributed by atoms with van der Waals surface area (Å²) in [6.45, 7) is 4.23. The van der Waals surface area contributed by atoms with Crippen molar-refractivity contribution in [1.29, 1.82) is 0 Å². The largest absolute Gasteiger partial charge is 0.508 e. The average molecular weight is 388 g/mol. The van der Waals surface area contributed by atoms with E-state index >= 15 is 0 Å². The third-order valence-electron chi connectivity index (χ3n) is 5.05. The van der Waals surface area contributed by atoms with Crippen LogP contribution in [0.2, 0.25) is 0 Å². The molecular formula is C25H24O4. The Labute approximate surface area is 170 Å². The Morgan fingerprint density at radius 1 is 0.483 bits per heavy atom. The van der Waals surface area contributed by atoms with Crippen LogP contribution in [0.15, 0.2) is 84.9 Å². The first kappa shape index (κ1) is 20.1. The van der Waals surface area contributed by atoms with Crippen LogP contribution in [0.25, 0.3) is 10.8 Å². The van der Waals surface area contributed by atoms with Gasteiger partial charge in [-0.3, -0.25) is 0 Å². The highest BCUT2D eigenvalue weighted by Gasteiger charge is 2.22. The van der Waals surface area contributed by atoms with Crippen LogP contribution < -0.4 is 0 Å². The highest BCUT2D eigenvalue weighted by molar-refractivity contribution is 5.92. The molecule has 0 aliphatic carbocycles. The highest BCUT2D eigenvalue weighted by atomic mass is 16.3. The van der Waals surface area contributed by atoms with E-state index in [4.69, 9.17) is 0 Å². The highest BCUT2D eigenvalue weighted by Crippen LogP contribution is 2.33. The van der Waals surface area contributed by atoms with Crippen molar-refractivity contribution in [3.8, 4) is 23.0 Å². The maximum atomic E-state index is 9.38. The number of hydrogen-bond acceptors (Lipinski definition) is 4. The van der Waals surface area contributed by atoms with Crippen molar-refractivity contribution in [1.82, 2.24) is 0 Å². The average Bonchev–Trinajstić information content (AvgIpc) is 2.70. The van der Waals surface area contributed by atoms with E-state index in [2.05, 4.69) is 13.8 Å². The molecule has 4 heteroatoms. The van der Waals surface area contributed by atoms with Crippen molar-refractivity contribution in [2.75, 3.05) is 0 Å². The van der Waals surface area contributed by atoms with E-state index < -0.39 is 0 Å². The number of benzene rings is 4. The van der Waals surface area contributed by atoms with Crippen LogP contribution in [0.5, 0.6) is 23.0 Å². The first-order chi connectivity index (χ1) is 13.8. The van der Waals surface area contributed by atoms with E-state index in [-0.39, 0.29) is 28.4 Å². The molecule has 0 unspecified atom stereocenters. The van der Waals surface area contributed by atoms with Crippen LogP contribution in [-0.4, -0.2) is 20.4 Å². The summed E-state index contributed by atoms with van der Waals surface area (Å²) in [6.07, 6.45) is 0. The lowest BCUT2D eigenvalue weighted by Crippen LogP contribution is -2.18. The van der Waals surface area contributed by atoms with Gasteiger partial charge in [0.25, 0.3) is 0 Å². The lowest BCUT2D eigenvalue weighted by molar-refractivity contribution is 0.474. The predicted octanol–water partition coefficient (Wildman–Crippen LogP) is 5.67. The fourth-order valence-electron chi connectivity index (χ4n) is 3.20. The smallest absolute Gasteiger partial charge is 0.123 e. The summed E-state index contributed by atoms with van der Waals surface area (Å²) >= 11 is 0. The molecule has 148 valence electrons. The molecule has 0 amide bonds. The van der Waals surface area contributed by atoms with Gasteiger partial charge < -0.3 is 20.4 Å². The Morgan fingerprint density at radius 3 is 1.17 bits per heavy atom. The van der Waals surface area contributed by atoms with E-state index in [0.717, 1.165) is 11.1 Å². The van der Waals surface area contributed by atoms with Gasteiger partial charge in [0.05, 0.1) is 0 Å². The van der Waals surface area contributed by atoms with E-state index in [0.29, 0.717) is 10.8 Å². The number of fused-ring (bicyclic) bond motifs is 1. The zero-order valence-electron chi connectivity index (χ0n) is 16.4. The van der Waals surface area contributed by atoms with Crippen molar-refractivity contribution in [3.63, 3.8) is 0 Å². The Kier molecular flexibility index (Phi) is 5.64. The lowest BCUT2D eigenvalue weighted by Gasteiger charge is -2.26. The topological polar surface area (TPSA) is 80.9 Å². The van der Waals surface area contributed by atoms with E-state index in [9.17, 15) is 20.4 Å². The first-order valence-corrected chi connectivity index (χ1v) is 9.28. The summed E-state index contributed by atoms with van der Waals surface area (Å²) in [5.74, 6) is 0.942. The molecule has 0 heterocycles. The predicted molar refractivity (Wildman–Crippen MR) is 116 cm³/mol. The fourth-order valence-corrected chi connectivity index (χ4v) is 3.20. The second kappa shape index (κ2) is 8.15. The summed E-state index contributed by atoms with van der Waals surface area (Å²) in [5.41, 5.74) is 2.10. The van der Waals surface area contributed by atoms with Gasteiger partial charge in [0.2, 0.25) is 0 Å². The summed E-state index contributed by atoms with van der Waals surface area (Å²) in [5, 5.41) is 38.7. The summed E-state index contributed by atoms with van der Waals surface area (Å²) in [7, 11) is 0. The molecule has 0 aromatic heterocycles. The molecule has 0 saturated carbocycles. The standard InChI is InChI=1S/C15H16O2.C10H8O2/c1-15(2,11-3-7-13(16)8-4-11)12-5-9-14(17)10-6-12;11-9-5-1-3-7-8(9)4-2-6-10(7)12/h3-10,16-17H,1-2H3;1-6,11-12H. The van der Waals surface area contributed by atoms with Gasteiger partial charge in [-0.1, -0.05) is 62.4 Å². The maximum Gasteiger partial charge on any atom is 0.123 e. The minimum Gasteiger partial charge on any atom is -0.508 e. The minimum absolute atomic E-state index is 0.151. The van der Waals surface area contributed by atoms with Gasteiger partial charge in [0.15, 0.2) is 0 Å². The zero-order chi connectivity index (χ0) is 21.0. The van der Waals surface area contributed by atoms with Gasteiger partial charge in [-0.2, -0.15) is 0 Å². The molecule has 0 fully saturated rings. The van der Waals surface area contributed by atoms with Gasteiger partial charge in [-0.05, 0) is 47.5 Å². The first-order valence-electron chi connectivity index (χ1n) is 9.28. The van der Waals surface area contributed by atoms with Crippen molar-refractivity contribution in [2.45, 2.75) is 19.3 Å². The van der Waals surface area contributed by atoms with E-state index in [1.54, 1.807) is 60.7 Å². The number of rotatable bonds is 2. The molecule has 0 aliphatic rings. The second-order valence-electron chi connectivity index (χ2n) is 7.37. The maximum absolute atomic E-state index is 9.38. The van der Waals surface area contributed by atoms with Gasteiger partial charge in [0.1, 0.15) is 23.0 Å². The molecule has 0 atom stereocenters. The zero-order valence-corrected chi connectivity index (χ0v) is 16.4. The van der Waals surface area contributed by atoms with Crippen LogP contribution in [0.1, 0.15) is 25.0 Å². The van der Waals surface area contributed by atoms with Crippen LogP contribution in [0, 0.1) is 0 Å². The molecule has 4 rings (SSSR count). The molecular weight excluding hydrogens is 364 g/mol. The SMILES string of the molecule is CC(C)(c1ccc(O)cc1)c1ccc(O)cc1.Oc1cccc2c(O)cccc12. The monoisotopic (exact) mass is 388 g/mol. The van der Waals surface area contributed by atoms with E-state index in [1.165, 1.54) is 0 Å². The molecule has 0 saturated heterocycles. The van der Waals surface area contributed by atoms with Gasteiger partial charge >= 0.3 is 0 Å². The van der Waals surface area contributed by atoms with Gasteiger partial charge in [0, 0.05) is 16.2 Å². The number of hydrogen-bond donors (Lipinski definition) is 4. The Morgan fingerprint density at radius 2 is 0.828 bits per heavy atom. The molecule has 4 nitrogen and oxygen atoms in total. The minimum atomic E-state index is -0.151. The molecule has 4 aromatic carbocycles. The summed E-state index contributed by atoms with van der Waals surface area (Å²) in [6, 6.07) is 24.6. The molecule has 4 N–H and O–H groups in total. The molecule has 29 heavy (non-hydrogen) atoms. The third kappa shape index (κ3) is 4.43. The summed E-state index contributed by atoms with van der Waals surface area (Å²) in [4.78, 5) is 0. The molecule has 0 spiro atoms. The van der Waals surface area contributed by atoms with Crippen LogP contribution >= 0.6 is 0 Å². The fraction of sp³-hybridized carbons (Fsp3) is 0.120. The summed E-state index contributed by atoms with van der Waals surface area (Å²) < 4.78 is 0. The van der Waals surface area contributed by atoms with Gasteiger partial charge in [-0.25, -0.2) is 0 Å². The van der Waals surface area contributed by atoms with Crippen LogP contribution in [0.3, 0.4) is 0 Å². The lowest BCUT2D eigenvalue weighted by atomic mass is 9.78. The Balaban J connectivity index is 0.000000176. The Bertz CT molecular complexity index is 1010.